The van der Waals surface area contributed by atoms with Gasteiger partial charge in [-0.1, -0.05) is 0 Å². The molecule has 0 aliphatic carbocycles. The van der Waals surface area contributed by atoms with Crippen LogP contribution in [0.15, 0.2) is 18.3 Å². The van der Waals surface area contributed by atoms with E-state index in [1.54, 1.807) is 18.3 Å². The molecule has 0 bridgehead atoms. The van der Waals surface area contributed by atoms with Crippen molar-refractivity contribution < 1.29 is 5.11 Å². The van der Waals surface area contributed by atoms with Crippen molar-refractivity contribution in [2.24, 2.45) is 5.73 Å². The van der Waals surface area contributed by atoms with Crippen LogP contribution >= 0.6 is 0 Å². The highest BCUT2D eigenvalue weighted by atomic mass is 16.3. The van der Waals surface area contributed by atoms with Crippen molar-refractivity contribution in [3.63, 3.8) is 0 Å². The van der Waals surface area contributed by atoms with Crippen LogP contribution in [0, 0.1) is 0 Å². The molecule has 0 unspecified atom stereocenters. The maximum absolute atomic E-state index is 8.69. The SMILES string of the molecule is Nc1cc([C@@H](N)CO)ccn1. The van der Waals surface area contributed by atoms with Crippen LogP contribution in [0.3, 0.4) is 0 Å². The lowest BCUT2D eigenvalue weighted by molar-refractivity contribution is 0.268. The number of anilines is 1. The minimum atomic E-state index is -0.361. The molecule has 4 nitrogen and oxygen atoms in total. The van der Waals surface area contributed by atoms with Gasteiger partial charge in [-0.3, -0.25) is 0 Å². The van der Waals surface area contributed by atoms with Crippen LogP contribution in [-0.4, -0.2) is 16.7 Å². The van der Waals surface area contributed by atoms with Crippen LogP contribution in [0.4, 0.5) is 5.82 Å². The fourth-order valence-electron chi connectivity index (χ4n) is 0.802. The van der Waals surface area contributed by atoms with Crippen LogP contribution in [-0.2, 0) is 0 Å². The zero-order chi connectivity index (χ0) is 8.27. The predicted molar refractivity (Wildman–Crippen MR) is 42.7 cm³/mol. The normalized spacial score (nSPS) is 12.9. The largest absolute Gasteiger partial charge is 0.394 e. The Bertz CT molecular complexity index is 239. The molecular weight excluding hydrogens is 142 g/mol. The van der Waals surface area contributed by atoms with Crippen LogP contribution in [0.5, 0.6) is 0 Å². The number of hydrogen-bond acceptors (Lipinski definition) is 4. The summed E-state index contributed by atoms with van der Waals surface area (Å²) in [5.41, 5.74) is 11.7. The Morgan fingerprint density at radius 3 is 2.91 bits per heavy atom. The quantitative estimate of drug-likeness (QED) is 0.542. The van der Waals surface area contributed by atoms with Gasteiger partial charge in [0.05, 0.1) is 12.6 Å². The summed E-state index contributed by atoms with van der Waals surface area (Å²) in [6.45, 7) is -0.0799. The van der Waals surface area contributed by atoms with E-state index >= 15 is 0 Å². The zero-order valence-electron chi connectivity index (χ0n) is 6.07. The monoisotopic (exact) mass is 153 g/mol. The van der Waals surface area contributed by atoms with Gasteiger partial charge in [-0.15, -0.1) is 0 Å². The minimum absolute atomic E-state index is 0.0799. The number of aromatic nitrogens is 1. The summed E-state index contributed by atoms with van der Waals surface area (Å²) in [6.07, 6.45) is 1.57. The summed E-state index contributed by atoms with van der Waals surface area (Å²) in [7, 11) is 0. The standard InChI is InChI=1S/C7H11N3O/c8-6(4-11)5-1-2-10-7(9)3-5/h1-3,6,11H,4,8H2,(H2,9,10)/t6-/m0/s1. The van der Waals surface area contributed by atoms with Crippen molar-refractivity contribution in [1.29, 1.82) is 0 Å². The van der Waals surface area contributed by atoms with E-state index in [9.17, 15) is 0 Å². The molecule has 1 aromatic heterocycles. The van der Waals surface area contributed by atoms with Gasteiger partial charge in [-0.25, -0.2) is 4.98 Å². The molecule has 4 heteroatoms. The second-order valence-corrected chi connectivity index (χ2v) is 2.30. The third-order valence-electron chi connectivity index (χ3n) is 1.43. The maximum atomic E-state index is 8.69. The van der Waals surface area contributed by atoms with Gasteiger partial charge in [0.25, 0.3) is 0 Å². The highest BCUT2D eigenvalue weighted by Crippen LogP contribution is 2.10. The molecule has 0 radical (unpaired) electrons. The van der Waals surface area contributed by atoms with E-state index in [0.29, 0.717) is 5.82 Å². The predicted octanol–water partition coefficient (Wildman–Crippen LogP) is -0.344. The summed E-state index contributed by atoms with van der Waals surface area (Å²) in [4.78, 5) is 3.80. The number of nitrogens with two attached hydrogens (primary N) is 2. The molecule has 0 aliphatic rings. The van der Waals surface area contributed by atoms with Gasteiger partial charge in [0.15, 0.2) is 0 Å². The van der Waals surface area contributed by atoms with Gasteiger partial charge in [0.2, 0.25) is 0 Å². The summed E-state index contributed by atoms with van der Waals surface area (Å²) < 4.78 is 0. The first-order valence-corrected chi connectivity index (χ1v) is 3.32. The Morgan fingerprint density at radius 1 is 1.64 bits per heavy atom. The Morgan fingerprint density at radius 2 is 2.36 bits per heavy atom. The van der Waals surface area contributed by atoms with Crippen molar-refractivity contribution in [2.45, 2.75) is 6.04 Å². The third-order valence-corrected chi connectivity index (χ3v) is 1.43. The summed E-state index contributed by atoms with van der Waals surface area (Å²) in [5, 5.41) is 8.69. The van der Waals surface area contributed by atoms with Crippen molar-refractivity contribution in [1.82, 2.24) is 4.98 Å². The average molecular weight is 153 g/mol. The summed E-state index contributed by atoms with van der Waals surface area (Å²) in [6, 6.07) is 3.03. The maximum Gasteiger partial charge on any atom is 0.123 e. The van der Waals surface area contributed by atoms with Crippen molar-refractivity contribution in [3.05, 3.63) is 23.9 Å². The third kappa shape index (κ3) is 1.89. The number of pyridine rings is 1. The smallest absolute Gasteiger partial charge is 0.123 e. The van der Waals surface area contributed by atoms with E-state index in [0.717, 1.165) is 5.56 Å². The van der Waals surface area contributed by atoms with Crippen molar-refractivity contribution >= 4 is 5.82 Å². The van der Waals surface area contributed by atoms with Crippen LogP contribution in [0.25, 0.3) is 0 Å². The summed E-state index contributed by atoms with van der Waals surface area (Å²) in [5.74, 6) is 0.423. The van der Waals surface area contributed by atoms with Gasteiger partial charge in [-0.05, 0) is 17.7 Å². The second kappa shape index (κ2) is 3.32. The molecule has 1 atom stereocenters. The van der Waals surface area contributed by atoms with Crippen LogP contribution in [0.2, 0.25) is 0 Å². The zero-order valence-corrected chi connectivity index (χ0v) is 6.07. The Balaban J connectivity index is 2.86. The lowest BCUT2D eigenvalue weighted by atomic mass is 10.1. The number of hydrogen-bond donors (Lipinski definition) is 3. The molecule has 11 heavy (non-hydrogen) atoms. The van der Waals surface area contributed by atoms with E-state index < -0.39 is 0 Å². The molecular formula is C7H11N3O. The topological polar surface area (TPSA) is 85.2 Å². The fraction of sp³-hybridized carbons (Fsp3) is 0.286. The molecule has 0 saturated carbocycles. The van der Waals surface area contributed by atoms with Gasteiger partial charge in [0.1, 0.15) is 5.82 Å². The van der Waals surface area contributed by atoms with Crippen LogP contribution in [0.1, 0.15) is 11.6 Å². The highest BCUT2D eigenvalue weighted by molar-refractivity contribution is 5.33. The lowest BCUT2D eigenvalue weighted by Gasteiger charge is -2.07. The Kier molecular flexibility index (Phi) is 2.40. The van der Waals surface area contributed by atoms with Gasteiger partial charge in [0, 0.05) is 6.20 Å². The van der Waals surface area contributed by atoms with Crippen molar-refractivity contribution in [3.8, 4) is 0 Å². The van der Waals surface area contributed by atoms with E-state index in [-0.39, 0.29) is 12.6 Å². The van der Waals surface area contributed by atoms with Gasteiger partial charge in [-0.2, -0.15) is 0 Å². The molecule has 5 N–H and O–H groups in total. The lowest BCUT2D eigenvalue weighted by Crippen LogP contribution is -2.14. The van der Waals surface area contributed by atoms with Crippen LogP contribution < -0.4 is 11.5 Å². The molecule has 0 aromatic carbocycles. The Hall–Kier alpha value is -1.13. The number of nitrogens with zero attached hydrogens (tertiary/aromatic N) is 1. The molecule has 1 rings (SSSR count). The second-order valence-electron chi connectivity index (χ2n) is 2.30. The molecule has 1 heterocycles. The van der Waals surface area contributed by atoms with Gasteiger partial charge >= 0.3 is 0 Å². The van der Waals surface area contributed by atoms with E-state index in [4.69, 9.17) is 16.6 Å². The molecule has 1 aromatic rings. The highest BCUT2D eigenvalue weighted by Gasteiger charge is 2.03. The van der Waals surface area contributed by atoms with Crippen molar-refractivity contribution in [2.75, 3.05) is 12.3 Å². The molecule has 0 saturated heterocycles. The molecule has 0 aliphatic heterocycles. The Labute approximate surface area is 64.9 Å². The first kappa shape index (κ1) is 7.97. The van der Waals surface area contributed by atoms with E-state index in [1.807, 2.05) is 0 Å². The average Bonchev–Trinajstić information content (AvgIpc) is 2.03. The number of aliphatic hydroxyl groups is 1. The molecule has 0 spiro atoms. The minimum Gasteiger partial charge on any atom is -0.394 e. The number of aliphatic hydroxyl groups excluding tert-OH is 1. The molecule has 0 amide bonds. The molecule has 0 fully saturated rings. The first-order valence-electron chi connectivity index (χ1n) is 3.32. The summed E-state index contributed by atoms with van der Waals surface area (Å²) >= 11 is 0. The number of nitrogen functional groups attached to an aromatic ring is 1. The van der Waals surface area contributed by atoms with Gasteiger partial charge < -0.3 is 16.6 Å². The van der Waals surface area contributed by atoms with E-state index in [2.05, 4.69) is 4.98 Å². The number of rotatable bonds is 2. The fourth-order valence-corrected chi connectivity index (χ4v) is 0.802. The molecule has 60 valence electrons. The first-order chi connectivity index (χ1) is 5.24. The van der Waals surface area contributed by atoms with E-state index in [1.165, 1.54) is 0 Å².